The summed E-state index contributed by atoms with van der Waals surface area (Å²) in [5, 5.41) is 0. The lowest BCUT2D eigenvalue weighted by Crippen LogP contribution is -2.17. The van der Waals surface area contributed by atoms with E-state index in [2.05, 4.69) is 11.8 Å². The average Bonchev–Trinajstić information content (AvgIpc) is 2.35. The van der Waals surface area contributed by atoms with Crippen LogP contribution in [-0.4, -0.2) is 39.0 Å². The van der Waals surface area contributed by atoms with Crippen LogP contribution in [0.15, 0.2) is 0 Å². The second-order valence-corrected chi connectivity index (χ2v) is 3.44. The van der Waals surface area contributed by atoms with Gasteiger partial charge in [0.25, 0.3) is 0 Å². The third-order valence-corrected chi connectivity index (χ3v) is 2.07. The lowest BCUT2D eigenvalue weighted by atomic mass is 10.3. The quantitative estimate of drug-likeness (QED) is 0.446. The van der Waals surface area contributed by atoms with Gasteiger partial charge in [0, 0.05) is 26.4 Å². The molecule has 0 fully saturated rings. The lowest BCUT2D eigenvalue weighted by molar-refractivity contribution is -0.133. The molecule has 106 valence electrons. The van der Waals surface area contributed by atoms with Crippen LogP contribution in [0.4, 0.5) is 0 Å². The van der Waals surface area contributed by atoms with Crippen molar-refractivity contribution in [2.24, 2.45) is 0 Å². The van der Waals surface area contributed by atoms with Gasteiger partial charge < -0.3 is 18.9 Å². The third kappa shape index (κ3) is 9.43. The maximum atomic E-state index is 5.40. The molecular weight excluding hydrogens is 232 g/mol. The molecule has 0 N–H and O–H groups in total. The SMILES string of the molecule is CCOC(CC#CCC(OCC)OCC)OCC. The Morgan fingerprint density at radius 2 is 0.889 bits per heavy atom. The zero-order chi connectivity index (χ0) is 13.6. The minimum atomic E-state index is -0.231. The highest BCUT2D eigenvalue weighted by atomic mass is 16.7. The van der Waals surface area contributed by atoms with E-state index in [1.54, 1.807) is 0 Å². The molecule has 0 unspecified atom stereocenters. The Morgan fingerprint density at radius 3 is 1.11 bits per heavy atom. The lowest BCUT2D eigenvalue weighted by Gasteiger charge is -2.14. The van der Waals surface area contributed by atoms with E-state index in [0.717, 1.165) is 0 Å². The third-order valence-electron chi connectivity index (χ3n) is 2.07. The first-order valence-corrected chi connectivity index (χ1v) is 6.70. The molecule has 0 aromatic rings. The van der Waals surface area contributed by atoms with Gasteiger partial charge in [0.15, 0.2) is 12.6 Å². The first-order valence-electron chi connectivity index (χ1n) is 6.70. The molecule has 0 aromatic carbocycles. The number of hydrogen-bond donors (Lipinski definition) is 0. The summed E-state index contributed by atoms with van der Waals surface area (Å²) in [6.45, 7) is 10.3. The van der Waals surface area contributed by atoms with E-state index in [1.165, 1.54) is 0 Å². The fourth-order valence-corrected chi connectivity index (χ4v) is 1.39. The second kappa shape index (κ2) is 12.8. The molecule has 4 heteroatoms. The Hall–Kier alpha value is -0.600. The number of ether oxygens (including phenoxy) is 4. The first-order chi connectivity index (χ1) is 8.78. The molecule has 0 radical (unpaired) electrons. The summed E-state index contributed by atoms with van der Waals surface area (Å²) in [7, 11) is 0. The molecule has 0 aliphatic heterocycles. The van der Waals surface area contributed by atoms with Crippen LogP contribution < -0.4 is 0 Å². The van der Waals surface area contributed by atoms with Crippen molar-refractivity contribution in [3.8, 4) is 11.8 Å². The molecule has 0 amide bonds. The summed E-state index contributed by atoms with van der Waals surface area (Å²) in [5.41, 5.74) is 0. The Labute approximate surface area is 111 Å². The zero-order valence-electron chi connectivity index (χ0n) is 12.0. The Morgan fingerprint density at radius 1 is 0.611 bits per heavy atom. The van der Waals surface area contributed by atoms with E-state index in [0.29, 0.717) is 39.3 Å². The smallest absolute Gasteiger partial charge is 0.168 e. The normalized spacial score (nSPS) is 10.8. The van der Waals surface area contributed by atoms with E-state index in [4.69, 9.17) is 18.9 Å². The van der Waals surface area contributed by atoms with Crippen LogP contribution in [0.1, 0.15) is 40.5 Å². The van der Waals surface area contributed by atoms with Crippen molar-refractivity contribution < 1.29 is 18.9 Å². The van der Waals surface area contributed by atoms with Gasteiger partial charge in [-0.05, 0) is 27.7 Å². The van der Waals surface area contributed by atoms with Crippen LogP contribution in [0.25, 0.3) is 0 Å². The van der Waals surface area contributed by atoms with E-state index in [9.17, 15) is 0 Å². The molecule has 0 spiro atoms. The Balaban J connectivity index is 3.97. The largest absolute Gasteiger partial charge is 0.352 e. The summed E-state index contributed by atoms with van der Waals surface area (Å²) in [4.78, 5) is 0. The van der Waals surface area contributed by atoms with Gasteiger partial charge in [0.2, 0.25) is 0 Å². The van der Waals surface area contributed by atoms with Gasteiger partial charge in [-0.25, -0.2) is 0 Å². The molecule has 0 aliphatic carbocycles. The zero-order valence-corrected chi connectivity index (χ0v) is 12.0. The van der Waals surface area contributed by atoms with Crippen LogP contribution in [0.3, 0.4) is 0 Å². The minimum absolute atomic E-state index is 0.231. The van der Waals surface area contributed by atoms with Crippen LogP contribution in [-0.2, 0) is 18.9 Å². The number of rotatable bonds is 10. The van der Waals surface area contributed by atoms with Gasteiger partial charge in [-0.3, -0.25) is 0 Å². The predicted molar refractivity (Wildman–Crippen MR) is 71.1 cm³/mol. The fourth-order valence-electron chi connectivity index (χ4n) is 1.39. The van der Waals surface area contributed by atoms with Crippen LogP contribution in [0, 0.1) is 11.8 Å². The molecule has 0 saturated carbocycles. The van der Waals surface area contributed by atoms with Crippen molar-refractivity contribution in [3.63, 3.8) is 0 Å². The van der Waals surface area contributed by atoms with E-state index in [-0.39, 0.29) is 12.6 Å². The molecule has 0 atom stereocenters. The Kier molecular flexibility index (Phi) is 12.4. The molecular formula is C14H26O4. The van der Waals surface area contributed by atoms with Gasteiger partial charge in [-0.1, -0.05) is 11.8 Å². The maximum absolute atomic E-state index is 5.40. The summed E-state index contributed by atoms with van der Waals surface area (Å²) >= 11 is 0. The van der Waals surface area contributed by atoms with Crippen molar-refractivity contribution in [1.82, 2.24) is 0 Å². The van der Waals surface area contributed by atoms with Crippen LogP contribution in [0.2, 0.25) is 0 Å². The summed E-state index contributed by atoms with van der Waals surface area (Å²) in [6.07, 6.45) is 0.689. The van der Waals surface area contributed by atoms with E-state index in [1.807, 2.05) is 27.7 Å². The van der Waals surface area contributed by atoms with Crippen molar-refractivity contribution in [2.75, 3.05) is 26.4 Å². The van der Waals surface area contributed by atoms with Crippen molar-refractivity contribution in [1.29, 1.82) is 0 Å². The first kappa shape index (κ1) is 17.4. The van der Waals surface area contributed by atoms with Crippen molar-refractivity contribution in [3.05, 3.63) is 0 Å². The maximum Gasteiger partial charge on any atom is 0.168 e. The van der Waals surface area contributed by atoms with Crippen molar-refractivity contribution in [2.45, 2.75) is 53.1 Å². The van der Waals surface area contributed by atoms with Gasteiger partial charge in [0.05, 0.1) is 12.8 Å². The highest BCUT2D eigenvalue weighted by Gasteiger charge is 2.06. The minimum Gasteiger partial charge on any atom is -0.352 e. The molecule has 0 rings (SSSR count). The van der Waals surface area contributed by atoms with Crippen LogP contribution in [0.5, 0.6) is 0 Å². The molecule has 0 aromatic heterocycles. The van der Waals surface area contributed by atoms with Crippen LogP contribution >= 0.6 is 0 Å². The second-order valence-electron chi connectivity index (χ2n) is 3.44. The molecule has 4 nitrogen and oxygen atoms in total. The molecule has 0 aliphatic rings. The molecule has 18 heavy (non-hydrogen) atoms. The average molecular weight is 258 g/mol. The fraction of sp³-hybridized carbons (Fsp3) is 0.857. The standard InChI is InChI=1S/C14H26O4/c1-5-15-13(16-6-2)11-9-10-12-14(17-7-3)18-8-4/h13-14H,5-8,11-12H2,1-4H3. The van der Waals surface area contributed by atoms with Gasteiger partial charge in [0.1, 0.15) is 0 Å². The number of hydrogen-bond acceptors (Lipinski definition) is 4. The Bertz CT molecular complexity index is 198. The monoisotopic (exact) mass is 258 g/mol. The highest BCUT2D eigenvalue weighted by Crippen LogP contribution is 2.02. The summed E-state index contributed by atoms with van der Waals surface area (Å²) < 4.78 is 21.6. The van der Waals surface area contributed by atoms with Gasteiger partial charge in [-0.2, -0.15) is 0 Å². The molecule has 0 heterocycles. The highest BCUT2D eigenvalue weighted by molar-refractivity contribution is 5.00. The predicted octanol–water partition coefficient (Wildman–Crippen LogP) is 2.57. The summed E-state index contributed by atoms with van der Waals surface area (Å²) in [5.74, 6) is 6.08. The van der Waals surface area contributed by atoms with E-state index < -0.39 is 0 Å². The topological polar surface area (TPSA) is 36.9 Å². The summed E-state index contributed by atoms with van der Waals surface area (Å²) in [6, 6.07) is 0. The van der Waals surface area contributed by atoms with Gasteiger partial charge in [-0.15, -0.1) is 0 Å². The van der Waals surface area contributed by atoms with E-state index >= 15 is 0 Å². The van der Waals surface area contributed by atoms with Crippen molar-refractivity contribution >= 4 is 0 Å². The molecule has 0 saturated heterocycles. The molecule has 0 bridgehead atoms. The van der Waals surface area contributed by atoms with Gasteiger partial charge >= 0.3 is 0 Å².